The second kappa shape index (κ2) is 6.85. The minimum absolute atomic E-state index is 0.188. The van der Waals surface area contributed by atoms with Gasteiger partial charge in [0.25, 0.3) is 0 Å². The van der Waals surface area contributed by atoms with Crippen molar-refractivity contribution in [2.75, 3.05) is 37.6 Å². The van der Waals surface area contributed by atoms with Crippen LogP contribution in [0.25, 0.3) is 11.3 Å². The lowest BCUT2D eigenvalue weighted by molar-refractivity contribution is 0.0515. The Morgan fingerprint density at radius 2 is 1.96 bits per heavy atom. The maximum absolute atomic E-state index is 6.14. The summed E-state index contributed by atoms with van der Waals surface area (Å²) in [7, 11) is 1.60. The van der Waals surface area contributed by atoms with Gasteiger partial charge in [-0.05, 0) is 31.0 Å². The van der Waals surface area contributed by atoms with Crippen LogP contribution in [0.15, 0.2) is 30.3 Å². The number of fused-ring (bicyclic) bond motifs is 2. The van der Waals surface area contributed by atoms with E-state index in [1.165, 1.54) is 12.8 Å². The highest BCUT2D eigenvalue weighted by Crippen LogP contribution is 2.34. The lowest BCUT2D eigenvalue weighted by Crippen LogP contribution is -2.51. The molecule has 3 heterocycles. The number of hydrogen-bond donors (Lipinski definition) is 2. The predicted octanol–water partition coefficient (Wildman–Crippen LogP) is 1.65. The van der Waals surface area contributed by atoms with Gasteiger partial charge in [-0.2, -0.15) is 0 Å². The van der Waals surface area contributed by atoms with Crippen molar-refractivity contribution in [1.82, 2.24) is 15.5 Å². The van der Waals surface area contributed by atoms with Gasteiger partial charge in [-0.3, -0.25) is 0 Å². The van der Waals surface area contributed by atoms with Crippen LogP contribution in [0.1, 0.15) is 12.8 Å². The molecule has 0 aliphatic carbocycles. The van der Waals surface area contributed by atoms with Crippen LogP contribution in [0.2, 0.25) is 0 Å². The Kier molecular flexibility index (Phi) is 4.42. The Morgan fingerprint density at radius 3 is 2.72 bits per heavy atom. The zero-order valence-electron chi connectivity index (χ0n) is 14.3. The topological polar surface area (TPSA) is 85.5 Å². The van der Waals surface area contributed by atoms with E-state index in [0.29, 0.717) is 17.9 Å². The van der Waals surface area contributed by atoms with Gasteiger partial charge in [-0.1, -0.05) is 12.1 Å². The first-order chi connectivity index (χ1) is 12.2. The van der Waals surface area contributed by atoms with Gasteiger partial charge in [0, 0.05) is 37.8 Å². The summed E-state index contributed by atoms with van der Waals surface area (Å²) in [6, 6.07) is 10.8. The quantitative estimate of drug-likeness (QED) is 0.800. The van der Waals surface area contributed by atoms with Crippen LogP contribution in [-0.4, -0.2) is 49.3 Å². The summed E-state index contributed by atoms with van der Waals surface area (Å²) in [5.74, 6) is 1.19. The van der Waals surface area contributed by atoms with E-state index in [0.717, 1.165) is 35.8 Å². The molecule has 4 rings (SSSR count). The lowest BCUT2D eigenvalue weighted by Gasteiger charge is -2.34. The minimum atomic E-state index is 0.188. The van der Waals surface area contributed by atoms with Gasteiger partial charge in [0.1, 0.15) is 5.75 Å². The molecular formula is C18H23N5O2. The predicted molar refractivity (Wildman–Crippen MR) is 96.5 cm³/mol. The average Bonchev–Trinajstić information content (AvgIpc) is 2.98. The molecule has 132 valence electrons. The molecule has 2 aliphatic rings. The summed E-state index contributed by atoms with van der Waals surface area (Å²) in [6.45, 7) is 2.09. The molecular weight excluding hydrogens is 318 g/mol. The van der Waals surface area contributed by atoms with Crippen molar-refractivity contribution in [3.05, 3.63) is 30.3 Å². The molecule has 1 aromatic heterocycles. The molecule has 7 heteroatoms. The Labute approximate surface area is 147 Å². The standard InChI is InChI=1S/C18H23N5O2/c1-24-11-25-17-5-3-2-4-14(17)15-8-16(18(19)22-21-15)23-9-12-6-7-13(10-23)20-12/h2-5,8,12-13,20H,6-7,9-11H2,1H3,(H2,19,22)/t12-,13+. The fourth-order valence-corrected chi connectivity index (χ4v) is 3.70. The van der Waals surface area contributed by atoms with Crippen LogP contribution in [0.5, 0.6) is 5.75 Å². The molecule has 2 saturated heterocycles. The summed E-state index contributed by atoms with van der Waals surface area (Å²) in [4.78, 5) is 2.32. The van der Waals surface area contributed by atoms with Crippen molar-refractivity contribution in [3.63, 3.8) is 0 Å². The first-order valence-electron chi connectivity index (χ1n) is 8.60. The number of para-hydroxylation sites is 1. The number of nitrogens with one attached hydrogen (secondary N) is 1. The number of nitrogens with zero attached hydrogens (tertiary/aromatic N) is 3. The maximum Gasteiger partial charge on any atom is 0.188 e. The Bertz CT molecular complexity index is 742. The van der Waals surface area contributed by atoms with Crippen LogP contribution in [0.3, 0.4) is 0 Å². The van der Waals surface area contributed by atoms with Crippen molar-refractivity contribution in [3.8, 4) is 17.0 Å². The van der Waals surface area contributed by atoms with Gasteiger partial charge in [0.2, 0.25) is 0 Å². The third-order valence-electron chi connectivity index (χ3n) is 4.85. The van der Waals surface area contributed by atoms with Crippen molar-refractivity contribution in [2.45, 2.75) is 24.9 Å². The average molecular weight is 341 g/mol. The van der Waals surface area contributed by atoms with E-state index in [2.05, 4.69) is 20.4 Å². The fourth-order valence-electron chi connectivity index (χ4n) is 3.70. The van der Waals surface area contributed by atoms with Crippen LogP contribution in [0, 0.1) is 0 Å². The molecule has 2 fully saturated rings. The molecule has 2 bridgehead atoms. The van der Waals surface area contributed by atoms with Gasteiger partial charge in [0.15, 0.2) is 12.6 Å². The summed E-state index contributed by atoms with van der Waals surface area (Å²) in [6.07, 6.45) is 2.44. The summed E-state index contributed by atoms with van der Waals surface area (Å²) in [5.41, 5.74) is 8.72. The highest BCUT2D eigenvalue weighted by atomic mass is 16.7. The number of hydrogen-bond acceptors (Lipinski definition) is 7. The van der Waals surface area contributed by atoms with Crippen LogP contribution in [0.4, 0.5) is 11.5 Å². The van der Waals surface area contributed by atoms with E-state index in [4.69, 9.17) is 15.2 Å². The number of piperazine rings is 1. The first-order valence-corrected chi connectivity index (χ1v) is 8.60. The summed E-state index contributed by atoms with van der Waals surface area (Å²) in [5, 5.41) is 12.1. The smallest absolute Gasteiger partial charge is 0.188 e. The number of nitrogen functional groups attached to an aromatic ring is 1. The Hall–Kier alpha value is -2.38. The van der Waals surface area contributed by atoms with E-state index in [9.17, 15) is 0 Å². The van der Waals surface area contributed by atoms with Crippen molar-refractivity contribution in [2.24, 2.45) is 0 Å². The molecule has 2 aliphatic heterocycles. The molecule has 0 amide bonds. The largest absolute Gasteiger partial charge is 0.467 e. The van der Waals surface area contributed by atoms with E-state index in [1.807, 2.05) is 30.3 Å². The van der Waals surface area contributed by atoms with Crippen LogP contribution >= 0.6 is 0 Å². The summed E-state index contributed by atoms with van der Waals surface area (Å²) < 4.78 is 10.7. The molecule has 25 heavy (non-hydrogen) atoms. The zero-order chi connectivity index (χ0) is 17.2. The second-order valence-corrected chi connectivity index (χ2v) is 6.59. The Balaban J connectivity index is 1.66. The molecule has 0 radical (unpaired) electrons. The van der Waals surface area contributed by atoms with Gasteiger partial charge in [-0.25, -0.2) is 0 Å². The molecule has 2 aromatic rings. The molecule has 0 saturated carbocycles. The molecule has 1 aromatic carbocycles. The molecule has 3 N–H and O–H groups in total. The lowest BCUT2D eigenvalue weighted by atomic mass is 10.1. The highest BCUT2D eigenvalue weighted by Gasteiger charge is 2.33. The van der Waals surface area contributed by atoms with Crippen LogP contribution in [-0.2, 0) is 4.74 Å². The fraction of sp³-hybridized carbons (Fsp3) is 0.444. The van der Waals surface area contributed by atoms with Crippen LogP contribution < -0.4 is 20.7 Å². The molecule has 2 atom stereocenters. The number of benzene rings is 1. The van der Waals surface area contributed by atoms with Crippen molar-refractivity contribution in [1.29, 1.82) is 0 Å². The van der Waals surface area contributed by atoms with E-state index in [1.54, 1.807) is 7.11 Å². The van der Waals surface area contributed by atoms with Gasteiger partial charge >= 0.3 is 0 Å². The van der Waals surface area contributed by atoms with E-state index < -0.39 is 0 Å². The molecule has 0 spiro atoms. The third kappa shape index (κ3) is 3.25. The Morgan fingerprint density at radius 1 is 1.20 bits per heavy atom. The first kappa shape index (κ1) is 16.1. The van der Waals surface area contributed by atoms with Gasteiger partial charge in [0.05, 0.1) is 11.4 Å². The molecule has 0 unspecified atom stereocenters. The van der Waals surface area contributed by atoms with E-state index in [-0.39, 0.29) is 6.79 Å². The van der Waals surface area contributed by atoms with Crippen molar-refractivity contribution >= 4 is 11.5 Å². The number of nitrogens with two attached hydrogens (primary N) is 1. The van der Waals surface area contributed by atoms with Gasteiger partial charge < -0.3 is 25.4 Å². The number of anilines is 2. The normalized spacial score (nSPS) is 22.2. The van der Waals surface area contributed by atoms with E-state index >= 15 is 0 Å². The second-order valence-electron chi connectivity index (χ2n) is 6.59. The number of aromatic nitrogens is 2. The third-order valence-corrected chi connectivity index (χ3v) is 4.85. The SMILES string of the molecule is COCOc1ccccc1-c1cc(N2C[C@H]3CC[C@@H](C2)N3)c(N)nn1. The number of methoxy groups -OCH3 is 1. The van der Waals surface area contributed by atoms with Gasteiger partial charge in [-0.15, -0.1) is 10.2 Å². The highest BCUT2D eigenvalue weighted by molar-refractivity contribution is 5.74. The number of rotatable bonds is 5. The minimum Gasteiger partial charge on any atom is -0.467 e. The maximum atomic E-state index is 6.14. The number of ether oxygens (including phenoxy) is 2. The zero-order valence-corrected chi connectivity index (χ0v) is 14.3. The summed E-state index contributed by atoms with van der Waals surface area (Å²) >= 11 is 0. The monoisotopic (exact) mass is 341 g/mol. The van der Waals surface area contributed by atoms with Crippen molar-refractivity contribution < 1.29 is 9.47 Å². The molecule has 7 nitrogen and oxygen atoms in total.